The summed E-state index contributed by atoms with van der Waals surface area (Å²) in [6.07, 6.45) is 7.00. The van der Waals surface area contributed by atoms with Gasteiger partial charge in [-0.3, -0.25) is 9.78 Å². The molecule has 1 aromatic heterocycles. The molecule has 0 radical (unpaired) electrons. The highest BCUT2D eigenvalue weighted by atomic mass is 16.6. The molecule has 1 aliphatic rings. The summed E-state index contributed by atoms with van der Waals surface area (Å²) in [6, 6.07) is 4.22. The molecule has 0 aliphatic heterocycles. The van der Waals surface area contributed by atoms with Crippen molar-refractivity contribution in [3.05, 3.63) is 29.6 Å². The average Bonchev–Trinajstić information content (AvgIpc) is 2.77. The highest BCUT2D eigenvalue weighted by Crippen LogP contribution is 2.36. The predicted molar refractivity (Wildman–Crippen MR) is 84.0 cm³/mol. The van der Waals surface area contributed by atoms with E-state index < -0.39 is 0 Å². The molecule has 3 heteroatoms. The Morgan fingerprint density at radius 3 is 2.62 bits per heavy atom. The quantitative estimate of drug-likeness (QED) is 0.784. The zero-order valence-corrected chi connectivity index (χ0v) is 13.7. The third kappa shape index (κ3) is 5.14. The van der Waals surface area contributed by atoms with Crippen molar-refractivity contribution in [2.24, 2.45) is 11.8 Å². The van der Waals surface area contributed by atoms with Crippen LogP contribution in [0.3, 0.4) is 0 Å². The van der Waals surface area contributed by atoms with Gasteiger partial charge in [-0.05, 0) is 70.4 Å². The van der Waals surface area contributed by atoms with Crippen molar-refractivity contribution >= 4 is 5.97 Å². The molecule has 0 spiro atoms. The number of carbonyl (C=O) groups excluding carboxylic acids is 1. The van der Waals surface area contributed by atoms with Crippen molar-refractivity contribution < 1.29 is 9.53 Å². The van der Waals surface area contributed by atoms with Gasteiger partial charge in [0.1, 0.15) is 5.60 Å². The third-order valence-corrected chi connectivity index (χ3v) is 4.11. The maximum absolute atomic E-state index is 12.0. The Labute approximate surface area is 128 Å². The number of aromatic nitrogens is 1. The number of aryl methyl sites for hydroxylation is 1. The minimum absolute atomic E-state index is 0.0590. The number of esters is 1. The van der Waals surface area contributed by atoms with E-state index in [1.165, 1.54) is 18.4 Å². The molecule has 2 unspecified atom stereocenters. The van der Waals surface area contributed by atoms with E-state index in [0.717, 1.165) is 18.5 Å². The van der Waals surface area contributed by atoms with E-state index in [4.69, 9.17) is 4.74 Å². The van der Waals surface area contributed by atoms with Gasteiger partial charge in [0.2, 0.25) is 0 Å². The van der Waals surface area contributed by atoms with Gasteiger partial charge in [0, 0.05) is 18.3 Å². The van der Waals surface area contributed by atoms with Crippen LogP contribution in [0.4, 0.5) is 0 Å². The topological polar surface area (TPSA) is 39.2 Å². The maximum atomic E-state index is 12.0. The van der Waals surface area contributed by atoms with Gasteiger partial charge in [-0.15, -0.1) is 0 Å². The fourth-order valence-electron chi connectivity index (χ4n) is 3.14. The molecular formula is C18H27NO2. The van der Waals surface area contributed by atoms with Crippen LogP contribution in [0.1, 0.15) is 57.7 Å². The Kier molecular flexibility index (Phi) is 5.02. The van der Waals surface area contributed by atoms with Gasteiger partial charge in [0.05, 0.1) is 0 Å². The zero-order valence-electron chi connectivity index (χ0n) is 13.7. The first-order valence-electron chi connectivity index (χ1n) is 7.97. The Hall–Kier alpha value is -1.38. The van der Waals surface area contributed by atoms with Gasteiger partial charge in [0.25, 0.3) is 0 Å². The van der Waals surface area contributed by atoms with Crippen molar-refractivity contribution in [3.63, 3.8) is 0 Å². The van der Waals surface area contributed by atoms with Gasteiger partial charge in [0.15, 0.2) is 0 Å². The molecule has 0 bridgehead atoms. The lowest BCUT2D eigenvalue weighted by atomic mass is 9.89. The van der Waals surface area contributed by atoms with E-state index in [2.05, 4.69) is 24.0 Å². The van der Waals surface area contributed by atoms with Crippen LogP contribution in [0.5, 0.6) is 0 Å². The molecule has 3 nitrogen and oxygen atoms in total. The number of pyridine rings is 1. The molecule has 1 aliphatic carbocycles. The average molecular weight is 289 g/mol. The van der Waals surface area contributed by atoms with E-state index in [1.54, 1.807) is 0 Å². The molecule has 2 atom stereocenters. The van der Waals surface area contributed by atoms with Gasteiger partial charge in [-0.25, -0.2) is 0 Å². The fourth-order valence-corrected chi connectivity index (χ4v) is 3.14. The van der Waals surface area contributed by atoms with Gasteiger partial charge in [-0.1, -0.05) is 12.5 Å². The van der Waals surface area contributed by atoms with Crippen molar-refractivity contribution in [1.29, 1.82) is 0 Å². The van der Waals surface area contributed by atoms with Crippen LogP contribution in [-0.2, 0) is 16.0 Å². The largest absolute Gasteiger partial charge is 0.460 e. The van der Waals surface area contributed by atoms with E-state index in [9.17, 15) is 4.79 Å². The Balaban J connectivity index is 1.91. The second kappa shape index (κ2) is 6.59. The molecule has 0 amide bonds. The van der Waals surface area contributed by atoms with Crippen LogP contribution < -0.4 is 0 Å². The Morgan fingerprint density at radius 2 is 2.00 bits per heavy atom. The van der Waals surface area contributed by atoms with Crippen LogP contribution in [0.2, 0.25) is 0 Å². The fraction of sp³-hybridized carbons (Fsp3) is 0.667. The van der Waals surface area contributed by atoms with Gasteiger partial charge in [-0.2, -0.15) is 0 Å². The van der Waals surface area contributed by atoms with Crippen LogP contribution in [0.15, 0.2) is 18.3 Å². The molecule has 0 saturated heterocycles. The molecule has 1 heterocycles. The molecule has 1 fully saturated rings. The number of rotatable bonds is 4. The molecule has 0 N–H and O–H groups in total. The summed E-state index contributed by atoms with van der Waals surface area (Å²) < 4.78 is 5.46. The lowest BCUT2D eigenvalue weighted by Gasteiger charge is -2.23. The summed E-state index contributed by atoms with van der Waals surface area (Å²) in [5.74, 6) is 0.951. The Bertz CT molecular complexity index is 473. The van der Waals surface area contributed by atoms with Crippen molar-refractivity contribution in [2.45, 2.75) is 65.4 Å². The summed E-state index contributed by atoms with van der Waals surface area (Å²) in [5.41, 5.74) is 1.95. The lowest BCUT2D eigenvalue weighted by Crippen LogP contribution is -2.26. The first kappa shape index (κ1) is 16.0. The minimum atomic E-state index is -0.385. The molecule has 0 aromatic carbocycles. The Morgan fingerprint density at radius 1 is 1.29 bits per heavy atom. The number of ether oxygens (including phenoxy) is 1. The summed E-state index contributed by atoms with van der Waals surface area (Å²) in [6.45, 7) is 7.82. The smallest absolute Gasteiger partial charge is 0.306 e. The highest BCUT2D eigenvalue weighted by molar-refractivity contribution is 5.70. The van der Waals surface area contributed by atoms with E-state index in [1.807, 2.05) is 27.0 Å². The number of hydrogen-bond acceptors (Lipinski definition) is 3. The van der Waals surface area contributed by atoms with Crippen molar-refractivity contribution in [3.8, 4) is 0 Å². The minimum Gasteiger partial charge on any atom is -0.460 e. The summed E-state index contributed by atoms with van der Waals surface area (Å²) in [5, 5.41) is 0. The van der Waals surface area contributed by atoms with Gasteiger partial charge < -0.3 is 4.74 Å². The maximum Gasteiger partial charge on any atom is 0.306 e. The number of hydrogen-bond donors (Lipinski definition) is 0. The lowest BCUT2D eigenvalue weighted by molar-refractivity contribution is -0.156. The summed E-state index contributed by atoms with van der Waals surface area (Å²) >= 11 is 0. The summed E-state index contributed by atoms with van der Waals surface area (Å²) in [7, 11) is 0. The van der Waals surface area contributed by atoms with Crippen LogP contribution >= 0.6 is 0 Å². The standard InChI is InChI=1S/C18H27NO2/c1-13-8-9-16(19-12-13)10-14-6-5-7-15(14)11-17(20)21-18(2,3)4/h8-9,12,14-15H,5-7,10-11H2,1-4H3. The predicted octanol–water partition coefficient (Wildman–Crippen LogP) is 4.08. The molecule has 1 saturated carbocycles. The van der Waals surface area contributed by atoms with Crippen molar-refractivity contribution in [1.82, 2.24) is 4.98 Å². The molecular weight excluding hydrogens is 262 g/mol. The van der Waals surface area contributed by atoms with Crippen LogP contribution in [0.25, 0.3) is 0 Å². The SMILES string of the molecule is Cc1ccc(CC2CCCC2CC(=O)OC(C)(C)C)nc1. The van der Waals surface area contributed by atoms with E-state index in [-0.39, 0.29) is 11.6 Å². The summed E-state index contributed by atoms with van der Waals surface area (Å²) in [4.78, 5) is 16.5. The second-order valence-corrected chi connectivity index (χ2v) is 7.27. The van der Waals surface area contributed by atoms with E-state index >= 15 is 0 Å². The molecule has 1 aromatic rings. The van der Waals surface area contributed by atoms with E-state index in [0.29, 0.717) is 18.3 Å². The zero-order chi connectivity index (χ0) is 15.5. The third-order valence-electron chi connectivity index (χ3n) is 4.11. The normalized spacial score (nSPS) is 22.3. The molecule has 21 heavy (non-hydrogen) atoms. The number of carbonyl (C=O) groups is 1. The first-order chi connectivity index (χ1) is 9.83. The van der Waals surface area contributed by atoms with Gasteiger partial charge >= 0.3 is 5.97 Å². The first-order valence-corrected chi connectivity index (χ1v) is 7.97. The second-order valence-electron chi connectivity index (χ2n) is 7.27. The highest BCUT2D eigenvalue weighted by Gasteiger charge is 2.31. The molecule has 2 rings (SSSR count). The number of nitrogens with zero attached hydrogens (tertiary/aromatic N) is 1. The van der Waals surface area contributed by atoms with Crippen molar-refractivity contribution in [2.75, 3.05) is 0 Å². The monoisotopic (exact) mass is 289 g/mol. The van der Waals surface area contributed by atoms with Crippen LogP contribution in [0, 0.1) is 18.8 Å². The van der Waals surface area contributed by atoms with Crippen LogP contribution in [-0.4, -0.2) is 16.6 Å². The molecule has 116 valence electrons.